The van der Waals surface area contributed by atoms with E-state index in [0.717, 1.165) is 13.1 Å². The summed E-state index contributed by atoms with van der Waals surface area (Å²) in [5.74, 6) is 0. The Bertz CT molecular complexity index is 363. The van der Waals surface area contributed by atoms with Gasteiger partial charge in [-0.2, -0.15) is 0 Å². The Morgan fingerprint density at radius 2 is 2.05 bits per heavy atom. The van der Waals surface area contributed by atoms with E-state index in [4.69, 9.17) is 0 Å². The van der Waals surface area contributed by atoms with Gasteiger partial charge in [0, 0.05) is 24.7 Å². The SMILES string of the molecule is CCCC(C)N1CC(c2ccccc2)NCCC1C. The quantitative estimate of drug-likeness (QED) is 0.890. The number of rotatable bonds is 4. The van der Waals surface area contributed by atoms with Crippen LogP contribution in [0, 0.1) is 0 Å². The Morgan fingerprint density at radius 1 is 1.32 bits per heavy atom. The van der Waals surface area contributed by atoms with Crippen molar-refractivity contribution in [3.05, 3.63) is 35.9 Å². The second-order valence-corrected chi connectivity index (χ2v) is 5.89. The van der Waals surface area contributed by atoms with Crippen molar-refractivity contribution in [2.75, 3.05) is 13.1 Å². The highest BCUT2D eigenvalue weighted by Crippen LogP contribution is 2.23. The van der Waals surface area contributed by atoms with Crippen LogP contribution in [0.1, 0.15) is 51.6 Å². The van der Waals surface area contributed by atoms with Gasteiger partial charge in [-0.15, -0.1) is 0 Å². The molecule has 19 heavy (non-hydrogen) atoms. The van der Waals surface area contributed by atoms with Crippen molar-refractivity contribution in [1.29, 1.82) is 0 Å². The van der Waals surface area contributed by atoms with Crippen LogP contribution in [-0.4, -0.2) is 30.1 Å². The molecule has 1 fully saturated rings. The van der Waals surface area contributed by atoms with Gasteiger partial charge in [-0.25, -0.2) is 0 Å². The normalized spacial score (nSPS) is 26.9. The minimum absolute atomic E-state index is 0.477. The molecular formula is C17H28N2. The van der Waals surface area contributed by atoms with Crippen molar-refractivity contribution in [2.24, 2.45) is 0 Å². The molecule has 0 spiro atoms. The molecule has 0 aromatic heterocycles. The fourth-order valence-corrected chi connectivity index (χ4v) is 3.19. The Morgan fingerprint density at radius 3 is 2.74 bits per heavy atom. The zero-order valence-corrected chi connectivity index (χ0v) is 12.6. The van der Waals surface area contributed by atoms with Gasteiger partial charge >= 0.3 is 0 Å². The second-order valence-electron chi connectivity index (χ2n) is 5.89. The molecule has 0 saturated carbocycles. The molecule has 1 aliphatic rings. The van der Waals surface area contributed by atoms with Gasteiger partial charge in [0.25, 0.3) is 0 Å². The molecule has 1 aromatic rings. The smallest absolute Gasteiger partial charge is 0.0449 e. The summed E-state index contributed by atoms with van der Waals surface area (Å²) in [7, 11) is 0. The fraction of sp³-hybridized carbons (Fsp3) is 0.647. The number of hydrogen-bond donors (Lipinski definition) is 1. The third-order valence-corrected chi connectivity index (χ3v) is 4.39. The predicted molar refractivity (Wildman–Crippen MR) is 82.3 cm³/mol. The van der Waals surface area contributed by atoms with E-state index in [-0.39, 0.29) is 0 Å². The van der Waals surface area contributed by atoms with Crippen LogP contribution in [0.4, 0.5) is 0 Å². The Labute approximate surface area is 118 Å². The van der Waals surface area contributed by atoms with Gasteiger partial charge in [0.1, 0.15) is 0 Å². The van der Waals surface area contributed by atoms with Crippen molar-refractivity contribution in [2.45, 2.75) is 58.2 Å². The number of nitrogens with zero attached hydrogens (tertiary/aromatic N) is 1. The van der Waals surface area contributed by atoms with Gasteiger partial charge < -0.3 is 5.32 Å². The van der Waals surface area contributed by atoms with Crippen molar-refractivity contribution in [3.63, 3.8) is 0 Å². The van der Waals surface area contributed by atoms with Crippen LogP contribution in [0.25, 0.3) is 0 Å². The zero-order chi connectivity index (χ0) is 13.7. The average molecular weight is 260 g/mol. The van der Waals surface area contributed by atoms with Crippen LogP contribution in [0.5, 0.6) is 0 Å². The summed E-state index contributed by atoms with van der Waals surface area (Å²) in [6.45, 7) is 9.29. The molecule has 3 atom stereocenters. The van der Waals surface area contributed by atoms with Crippen LogP contribution in [0.15, 0.2) is 30.3 Å². The molecule has 0 amide bonds. The van der Waals surface area contributed by atoms with Crippen LogP contribution in [0.3, 0.4) is 0 Å². The van der Waals surface area contributed by atoms with Crippen molar-refractivity contribution in [1.82, 2.24) is 10.2 Å². The fourth-order valence-electron chi connectivity index (χ4n) is 3.19. The largest absolute Gasteiger partial charge is 0.309 e. The first-order valence-electron chi connectivity index (χ1n) is 7.76. The monoisotopic (exact) mass is 260 g/mol. The summed E-state index contributed by atoms with van der Waals surface area (Å²) >= 11 is 0. The Kier molecular flexibility index (Phi) is 5.41. The van der Waals surface area contributed by atoms with Crippen LogP contribution in [-0.2, 0) is 0 Å². The molecule has 3 unspecified atom stereocenters. The molecule has 106 valence electrons. The first-order chi connectivity index (χ1) is 9.22. The molecule has 1 heterocycles. The van der Waals surface area contributed by atoms with E-state index in [9.17, 15) is 0 Å². The summed E-state index contributed by atoms with van der Waals surface area (Å²) in [6.07, 6.45) is 3.82. The molecule has 1 saturated heterocycles. The Balaban J connectivity index is 2.10. The van der Waals surface area contributed by atoms with Crippen LogP contribution >= 0.6 is 0 Å². The number of benzene rings is 1. The maximum absolute atomic E-state index is 3.71. The van der Waals surface area contributed by atoms with E-state index in [0.29, 0.717) is 18.1 Å². The third kappa shape index (κ3) is 3.80. The highest BCUT2D eigenvalue weighted by atomic mass is 15.2. The molecule has 0 aliphatic carbocycles. The molecular weight excluding hydrogens is 232 g/mol. The van der Waals surface area contributed by atoms with Crippen LogP contribution < -0.4 is 5.32 Å². The van der Waals surface area contributed by atoms with Gasteiger partial charge in [0.2, 0.25) is 0 Å². The Hall–Kier alpha value is -0.860. The lowest BCUT2D eigenvalue weighted by Crippen LogP contribution is -2.42. The molecule has 2 rings (SSSR count). The molecule has 0 radical (unpaired) electrons. The van der Waals surface area contributed by atoms with Gasteiger partial charge in [0.15, 0.2) is 0 Å². The van der Waals surface area contributed by atoms with E-state index in [2.05, 4.69) is 61.3 Å². The highest BCUT2D eigenvalue weighted by molar-refractivity contribution is 5.19. The summed E-state index contributed by atoms with van der Waals surface area (Å²) < 4.78 is 0. The average Bonchev–Trinajstić information content (AvgIpc) is 2.62. The minimum atomic E-state index is 0.477. The topological polar surface area (TPSA) is 15.3 Å². The molecule has 2 nitrogen and oxygen atoms in total. The third-order valence-electron chi connectivity index (χ3n) is 4.39. The lowest BCUT2D eigenvalue weighted by molar-refractivity contribution is 0.143. The standard InChI is InChI=1S/C17H28N2/c1-4-8-14(2)19-13-17(18-12-11-15(19)3)16-9-6-5-7-10-16/h5-7,9-10,14-15,17-18H,4,8,11-13H2,1-3H3. The highest BCUT2D eigenvalue weighted by Gasteiger charge is 2.26. The lowest BCUT2D eigenvalue weighted by Gasteiger charge is -2.34. The molecule has 2 heteroatoms. The molecule has 1 N–H and O–H groups in total. The van der Waals surface area contributed by atoms with Crippen molar-refractivity contribution >= 4 is 0 Å². The molecule has 0 bridgehead atoms. The first-order valence-corrected chi connectivity index (χ1v) is 7.76. The van der Waals surface area contributed by atoms with E-state index in [1.807, 2.05) is 0 Å². The van der Waals surface area contributed by atoms with E-state index < -0.39 is 0 Å². The van der Waals surface area contributed by atoms with Crippen LogP contribution in [0.2, 0.25) is 0 Å². The zero-order valence-electron chi connectivity index (χ0n) is 12.6. The second kappa shape index (κ2) is 7.06. The molecule has 1 aliphatic heterocycles. The van der Waals surface area contributed by atoms with Gasteiger partial charge in [-0.3, -0.25) is 4.90 Å². The van der Waals surface area contributed by atoms with E-state index in [1.165, 1.54) is 24.8 Å². The first kappa shape index (κ1) is 14.5. The summed E-state index contributed by atoms with van der Waals surface area (Å²) in [4.78, 5) is 2.70. The summed E-state index contributed by atoms with van der Waals surface area (Å²) in [6, 6.07) is 12.7. The van der Waals surface area contributed by atoms with Crippen molar-refractivity contribution < 1.29 is 0 Å². The maximum atomic E-state index is 3.71. The lowest BCUT2D eigenvalue weighted by atomic mass is 10.0. The van der Waals surface area contributed by atoms with Crippen molar-refractivity contribution in [3.8, 4) is 0 Å². The molecule has 1 aromatic carbocycles. The maximum Gasteiger partial charge on any atom is 0.0449 e. The minimum Gasteiger partial charge on any atom is -0.309 e. The summed E-state index contributed by atoms with van der Waals surface area (Å²) in [5, 5.41) is 3.71. The van der Waals surface area contributed by atoms with Gasteiger partial charge in [0.05, 0.1) is 0 Å². The van der Waals surface area contributed by atoms with E-state index in [1.54, 1.807) is 0 Å². The number of hydrogen-bond acceptors (Lipinski definition) is 2. The van der Waals surface area contributed by atoms with Gasteiger partial charge in [-0.1, -0.05) is 43.7 Å². The number of nitrogens with one attached hydrogen (secondary N) is 1. The predicted octanol–water partition coefficient (Wildman–Crippen LogP) is 3.60. The van der Waals surface area contributed by atoms with E-state index >= 15 is 0 Å². The summed E-state index contributed by atoms with van der Waals surface area (Å²) in [5.41, 5.74) is 1.42. The van der Waals surface area contributed by atoms with Gasteiger partial charge in [-0.05, 0) is 38.8 Å².